The lowest BCUT2D eigenvalue weighted by Gasteiger charge is -2.31. The van der Waals surface area contributed by atoms with Gasteiger partial charge in [0.2, 0.25) is 5.95 Å². The van der Waals surface area contributed by atoms with Gasteiger partial charge in [-0.05, 0) is 45.1 Å². The molecule has 0 spiro atoms. The molecule has 1 unspecified atom stereocenters. The summed E-state index contributed by atoms with van der Waals surface area (Å²) in [4.78, 5) is 25.5. The molecule has 5 rings (SSSR count). The van der Waals surface area contributed by atoms with Crippen molar-refractivity contribution in [1.82, 2.24) is 24.3 Å². The number of hydrogen-bond donors (Lipinski definition) is 1. The van der Waals surface area contributed by atoms with Crippen molar-refractivity contribution in [2.75, 3.05) is 18.0 Å². The first-order valence-corrected chi connectivity index (χ1v) is 11.9. The van der Waals surface area contributed by atoms with Gasteiger partial charge in [-0.3, -0.25) is 9.78 Å². The quantitative estimate of drug-likeness (QED) is 0.462. The maximum absolute atomic E-state index is 13.7. The Hall–Kier alpha value is -3.52. The van der Waals surface area contributed by atoms with Gasteiger partial charge in [0.25, 0.3) is 5.56 Å². The van der Waals surface area contributed by atoms with E-state index in [-0.39, 0.29) is 11.6 Å². The zero-order valence-electron chi connectivity index (χ0n) is 20.0. The highest BCUT2D eigenvalue weighted by molar-refractivity contribution is 5.85. The molecule has 3 aromatic heterocycles. The standard InChI is InChI=1S/C26H31N7O/c1-17(2)10-12-32-24-22(30-26(32)31-11-6-8-20(27)15-31)14-28-33(25(24)34)16-23-21-9-5-4-7-19(21)13-18(3)29-23/h4-5,7,9-10,13-14,20H,6,8,11-12,15-16,27H2,1-3H3. The fourth-order valence-electron chi connectivity index (χ4n) is 4.74. The van der Waals surface area contributed by atoms with Crippen LogP contribution in [0.1, 0.15) is 38.1 Å². The van der Waals surface area contributed by atoms with Crippen LogP contribution in [0, 0.1) is 6.92 Å². The lowest BCUT2D eigenvalue weighted by molar-refractivity contribution is 0.495. The van der Waals surface area contributed by atoms with Crippen LogP contribution in [-0.2, 0) is 13.1 Å². The monoisotopic (exact) mass is 457 g/mol. The highest BCUT2D eigenvalue weighted by Crippen LogP contribution is 2.24. The fourth-order valence-corrected chi connectivity index (χ4v) is 4.74. The predicted octanol–water partition coefficient (Wildman–Crippen LogP) is 3.39. The summed E-state index contributed by atoms with van der Waals surface area (Å²) in [5.41, 5.74) is 10.2. The van der Waals surface area contributed by atoms with Crippen molar-refractivity contribution < 1.29 is 0 Å². The minimum absolute atomic E-state index is 0.112. The topological polar surface area (TPSA) is 94.9 Å². The van der Waals surface area contributed by atoms with Crippen LogP contribution in [0.4, 0.5) is 5.95 Å². The molecule has 2 N–H and O–H groups in total. The Morgan fingerprint density at radius 1 is 1.24 bits per heavy atom. The maximum atomic E-state index is 13.7. The van der Waals surface area contributed by atoms with E-state index in [1.807, 2.05) is 29.7 Å². The van der Waals surface area contributed by atoms with Crippen molar-refractivity contribution in [3.63, 3.8) is 0 Å². The van der Waals surface area contributed by atoms with Crippen LogP contribution >= 0.6 is 0 Å². The molecule has 1 saturated heterocycles. The van der Waals surface area contributed by atoms with Gasteiger partial charge in [0, 0.05) is 36.8 Å². The highest BCUT2D eigenvalue weighted by atomic mass is 16.1. The van der Waals surface area contributed by atoms with E-state index in [9.17, 15) is 4.79 Å². The second-order valence-electron chi connectivity index (χ2n) is 9.42. The summed E-state index contributed by atoms with van der Waals surface area (Å²) < 4.78 is 3.52. The molecule has 1 aromatic carbocycles. The Bertz CT molecular complexity index is 1450. The molecule has 1 aliphatic heterocycles. The van der Waals surface area contributed by atoms with Gasteiger partial charge in [-0.1, -0.05) is 35.9 Å². The molecule has 1 fully saturated rings. The van der Waals surface area contributed by atoms with Crippen molar-refractivity contribution in [3.8, 4) is 0 Å². The Morgan fingerprint density at radius 3 is 2.85 bits per heavy atom. The molecule has 8 heteroatoms. The van der Waals surface area contributed by atoms with E-state index in [1.54, 1.807) is 6.20 Å². The van der Waals surface area contributed by atoms with E-state index in [4.69, 9.17) is 15.7 Å². The molecule has 4 aromatic rings. The van der Waals surface area contributed by atoms with Gasteiger partial charge >= 0.3 is 0 Å². The molecular formula is C26H31N7O. The second kappa shape index (κ2) is 9.02. The predicted molar refractivity (Wildman–Crippen MR) is 136 cm³/mol. The summed E-state index contributed by atoms with van der Waals surface area (Å²) in [7, 11) is 0. The average molecular weight is 458 g/mol. The van der Waals surface area contributed by atoms with Crippen molar-refractivity contribution in [2.24, 2.45) is 5.73 Å². The van der Waals surface area contributed by atoms with Gasteiger partial charge in [-0.2, -0.15) is 5.10 Å². The summed E-state index contributed by atoms with van der Waals surface area (Å²) in [5, 5.41) is 6.62. The Labute approximate surface area is 198 Å². The number of aryl methyl sites for hydroxylation is 1. The van der Waals surface area contributed by atoms with Crippen LogP contribution in [0.5, 0.6) is 0 Å². The number of fused-ring (bicyclic) bond motifs is 2. The highest BCUT2D eigenvalue weighted by Gasteiger charge is 2.24. The minimum atomic E-state index is -0.160. The number of nitrogens with zero attached hydrogens (tertiary/aromatic N) is 6. The van der Waals surface area contributed by atoms with E-state index < -0.39 is 0 Å². The van der Waals surface area contributed by atoms with Gasteiger partial charge in [-0.25, -0.2) is 9.67 Å². The Kier molecular flexibility index (Phi) is 5.91. The number of nitrogens with two attached hydrogens (primary N) is 1. The van der Waals surface area contributed by atoms with Gasteiger partial charge in [0.05, 0.1) is 18.4 Å². The number of piperidine rings is 1. The molecule has 176 valence electrons. The summed E-state index contributed by atoms with van der Waals surface area (Å²) >= 11 is 0. The molecule has 4 heterocycles. The van der Waals surface area contributed by atoms with Crippen molar-refractivity contribution >= 4 is 27.8 Å². The van der Waals surface area contributed by atoms with Gasteiger partial charge in [-0.15, -0.1) is 0 Å². The Balaban J connectivity index is 1.63. The number of hydrogen-bond acceptors (Lipinski definition) is 6. The van der Waals surface area contributed by atoms with E-state index in [1.165, 1.54) is 10.3 Å². The number of benzene rings is 1. The first kappa shape index (κ1) is 22.3. The molecule has 0 aliphatic carbocycles. The van der Waals surface area contributed by atoms with Crippen LogP contribution in [0.3, 0.4) is 0 Å². The second-order valence-corrected chi connectivity index (χ2v) is 9.42. The third kappa shape index (κ3) is 4.21. The number of pyridine rings is 1. The first-order chi connectivity index (χ1) is 16.4. The molecule has 34 heavy (non-hydrogen) atoms. The first-order valence-electron chi connectivity index (χ1n) is 11.9. The molecule has 1 aliphatic rings. The third-order valence-electron chi connectivity index (χ3n) is 6.40. The van der Waals surface area contributed by atoms with Crippen molar-refractivity contribution in [3.05, 3.63) is 69.9 Å². The molecule has 0 saturated carbocycles. The van der Waals surface area contributed by atoms with E-state index in [2.05, 4.69) is 42.1 Å². The van der Waals surface area contributed by atoms with E-state index in [0.717, 1.165) is 54.0 Å². The number of anilines is 1. The van der Waals surface area contributed by atoms with Crippen LogP contribution in [0.25, 0.3) is 21.8 Å². The summed E-state index contributed by atoms with van der Waals surface area (Å²) in [6.07, 6.45) is 5.84. The molecule has 0 radical (unpaired) electrons. The van der Waals surface area contributed by atoms with Gasteiger partial charge in [0.1, 0.15) is 11.0 Å². The minimum Gasteiger partial charge on any atom is -0.341 e. The summed E-state index contributed by atoms with van der Waals surface area (Å²) in [6, 6.07) is 10.3. The lowest BCUT2D eigenvalue weighted by atomic mass is 10.1. The maximum Gasteiger partial charge on any atom is 0.293 e. The number of imidazole rings is 1. The Morgan fingerprint density at radius 2 is 2.06 bits per heavy atom. The zero-order valence-corrected chi connectivity index (χ0v) is 20.0. The summed E-state index contributed by atoms with van der Waals surface area (Å²) in [5.74, 6) is 0.790. The average Bonchev–Trinajstić information content (AvgIpc) is 3.19. The number of allylic oxidation sites excluding steroid dienone is 2. The van der Waals surface area contributed by atoms with Crippen LogP contribution < -0.4 is 16.2 Å². The normalized spacial score (nSPS) is 16.4. The smallest absolute Gasteiger partial charge is 0.293 e. The van der Waals surface area contributed by atoms with Crippen LogP contribution in [0.2, 0.25) is 0 Å². The van der Waals surface area contributed by atoms with E-state index >= 15 is 0 Å². The van der Waals surface area contributed by atoms with Crippen molar-refractivity contribution in [1.29, 1.82) is 0 Å². The van der Waals surface area contributed by atoms with Crippen LogP contribution in [0.15, 0.2) is 53.0 Å². The molecule has 1 atom stereocenters. The molecule has 0 amide bonds. The van der Waals surface area contributed by atoms with Gasteiger partial charge in [0.15, 0.2) is 0 Å². The summed E-state index contributed by atoms with van der Waals surface area (Å²) in [6.45, 7) is 8.58. The zero-order chi connectivity index (χ0) is 23.8. The third-order valence-corrected chi connectivity index (χ3v) is 6.40. The number of aromatic nitrogens is 5. The lowest BCUT2D eigenvalue weighted by Crippen LogP contribution is -2.44. The fraction of sp³-hybridized carbons (Fsp3) is 0.385. The van der Waals surface area contributed by atoms with E-state index in [0.29, 0.717) is 24.1 Å². The molecular weight excluding hydrogens is 426 g/mol. The number of rotatable bonds is 5. The molecule has 0 bridgehead atoms. The van der Waals surface area contributed by atoms with Gasteiger partial charge < -0.3 is 15.2 Å². The SMILES string of the molecule is CC(C)=CCn1c(N2CCCC(N)C2)nc2cnn(Cc3nc(C)cc4ccccc34)c(=O)c21. The molecule has 8 nitrogen and oxygen atoms in total. The largest absolute Gasteiger partial charge is 0.341 e. The van der Waals surface area contributed by atoms with Crippen molar-refractivity contribution in [2.45, 2.75) is 52.7 Å². The van der Waals surface area contributed by atoms with Crippen LogP contribution in [-0.4, -0.2) is 43.4 Å².